The van der Waals surface area contributed by atoms with Crippen LogP contribution in [0.5, 0.6) is 0 Å². The number of aromatic nitrogens is 3. The predicted molar refractivity (Wildman–Crippen MR) is 94.4 cm³/mol. The average Bonchev–Trinajstić information content (AvgIpc) is 3.05. The molecule has 0 unspecified atom stereocenters. The summed E-state index contributed by atoms with van der Waals surface area (Å²) in [4.78, 5) is 4.53. The van der Waals surface area contributed by atoms with Crippen LogP contribution in [0.15, 0.2) is 65.8 Å². The van der Waals surface area contributed by atoms with Crippen LogP contribution in [0.25, 0.3) is 5.70 Å². The maximum absolute atomic E-state index is 13.2. The molecule has 0 bridgehead atoms. The molecule has 6 heteroatoms. The van der Waals surface area contributed by atoms with Crippen molar-refractivity contribution in [1.29, 1.82) is 0 Å². The highest BCUT2D eigenvalue weighted by molar-refractivity contribution is 7.98. The molecule has 0 saturated carbocycles. The number of rotatable bonds is 3. The van der Waals surface area contributed by atoms with Crippen molar-refractivity contribution >= 4 is 23.4 Å². The molecule has 2 heterocycles. The molecule has 0 radical (unpaired) electrons. The molecule has 24 heavy (non-hydrogen) atoms. The molecular formula is C18H15FN4S. The van der Waals surface area contributed by atoms with E-state index in [-0.39, 0.29) is 11.9 Å². The molecule has 1 aliphatic rings. The molecule has 4 rings (SSSR count). The Morgan fingerprint density at radius 3 is 2.54 bits per heavy atom. The maximum atomic E-state index is 13.2. The summed E-state index contributed by atoms with van der Waals surface area (Å²) in [6.07, 6.45) is 4.04. The Labute approximate surface area is 143 Å². The highest BCUT2D eigenvalue weighted by atomic mass is 32.2. The van der Waals surface area contributed by atoms with Gasteiger partial charge in [0.2, 0.25) is 11.1 Å². The van der Waals surface area contributed by atoms with E-state index < -0.39 is 0 Å². The van der Waals surface area contributed by atoms with Gasteiger partial charge >= 0.3 is 0 Å². The van der Waals surface area contributed by atoms with Gasteiger partial charge in [0.15, 0.2) is 0 Å². The highest BCUT2D eigenvalue weighted by Gasteiger charge is 2.24. The van der Waals surface area contributed by atoms with Gasteiger partial charge in [0, 0.05) is 5.70 Å². The first-order valence-corrected chi connectivity index (χ1v) is 8.77. The monoisotopic (exact) mass is 338 g/mol. The van der Waals surface area contributed by atoms with E-state index in [0.29, 0.717) is 11.1 Å². The van der Waals surface area contributed by atoms with Crippen LogP contribution in [0.4, 0.5) is 10.3 Å². The maximum Gasteiger partial charge on any atom is 0.227 e. The number of thioether (sulfide) groups is 1. The van der Waals surface area contributed by atoms with E-state index in [4.69, 9.17) is 0 Å². The molecule has 0 spiro atoms. The fourth-order valence-corrected chi connectivity index (χ4v) is 3.09. The Hall–Kier alpha value is -2.60. The van der Waals surface area contributed by atoms with Gasteiger partial charge in [0.05, 0.1) is 0 Å². The summed E-state index contributed by atoms with van der Waals surface area (Å²) in [6.45, 7) is 0. The first-order valence-electron chi connectivity index (χ1n) is 7.55. The molecule has 0 saturated heterocycles. The fraction of sp³-hybridized carbons (Fsp3) is 0.111. The van der Waals surface area contributed by atoms with Crippen LogP contribution in [0.3, 0.4) is 0 Å². The molecule has 0 aliphatic carbocycles. The quantitative estimate of drug-likeness (QED) is 0.727. The van der Waals surface area contributed by atoms with Crippen LogP contribution < -0.4 is 5.32 Å². The Balaban J connectivity index is 1.82. The first-order chi connectivity index (χ1) is 11.7. The van der Waals surface area contributed by atoms with Crippen LogP contribution >= 0.6 is 11.8 Å². The molecule has 0 amide bonds. The summed E-state index contributed by atoms with van der Waals surface area (Å²) in [5.74, 6) is 0.442. The minimum Gasteiger partial charge on any atom is -0.324 e. The topological polar surface area (TPSA) is 42.7 Å². The molecule has 1 atom stereocenters. The molecule has 4 nitrogen and oxygen atoms in total. The van der Waals surface area contributed by atoms with Crippen molar-refractivity contribution in [2.24, 2.45) is 0 Å². The van der Waals surface area contributed by atoms with Gasteiger partial charge < -0.3 is 5.32 Å². The zero-order chi connectivity index (χ0) is 16.5. The molecule has 120 valence electrons. The smallest absolute Gasteiger partial charge is 0.227 e. The van der Waals surface area contributed by atoms with Crippen LogP contribution in [-0.2, 0) is 0 Å². The summed E-state index contributed by atoms with van der Waals surface area (Å²) in [5.41, 5.74) is 2.94. The van der Waals surface area contributed by atoms with E-state index >= 15 is 0 Å². The Morgan fingerprint density at radius 1 is 1.08 bits per heavy atom. The van der Waals surface area contributed by atoms with Crippen molar-refractivity contribution in [1.82, 2.24) is 14.8 Å². The summed E-state index contributed by atoms with van der Waals surface area (Å²) >= 11 is 1.50. The van der Waals surface area contributed by atoms with Gasteiger partial charge in [-0.2, -0.15) is 4.98 Å². The summed E-state index contributed by atoms with van der Waals surface area (Å²) < 4.78 is 15.1. The molecule has 1 aliphatic heterocycles. The normalized spacial score (nSPS) is 16.2. The highest BCUT2D eigenvalue weighted by Crippen LogP contribution is 2.33. The second-order valence-corrected chi connectivity index (χ2v) is 6.21. The van der Waals surface area contributed by atoms with Crippen molar-refractivity contribution in [3.8, 4) is 0 Å². The van der Waals surface area contributed by atoms with Crippen molar-refractivity contribution in [2.75, 3.05) is 11.6 Å². The molecule has 1 N–H and O–H groups in total. The number of benzene rings is 2. The van der Waals surface area contributed by atoms with Crippen LogP contribution in [-0.4, -0.2) is 21.0 Å². The van der Waals surface area contributed by atoms with Crippen molar-refractivity contribution < 1.29 is 4.39 Å². The first kappa shape index (κ1) is 15.0. The zero-order valence-corrected chi connectivity index (χ0v) is 13.8. The number of nitrogens with zero attached hydrogens (tertiary/aromatic N) is 3. The number of hydrogen-bond donors (Lipinski definition) is 1. The van der Waals surface area contributed by atoms with E-state index in [9.17, 15) is 4.39 Å². The van der Waals surface area contributed by atoms with E-state index in [2.05, 4.69) is 33.6 Å². The predicted octanol–water partition coefficient (Wildman–Crippen LogP) is 4.20. The minimum atomic E-state index is -0.248. The molecular weight excluding hydrogens is 323 g/mol. The fourth-order valence-electron chi connectivity index (χ4n) is 2.75. The third kappa shape index (κ3) is 2.69. The second-order valence-electron chi connectivity index (χ2n) is 5.43. The Kier molecular flexibility index (Phi) is 3.82. The number of fused-ring (bicyclic) bond motifs is 1. The van der Waals surface area contributed by atoms with Crippen LogP contribution in [0.1, 0.15) is 17.2 Å². The van der Waals surface area contributed by atoms with Gasteiger partial charge in [-0.25, -0.2) is 9.07 Å². The number of halogens is 1. The summed E-state index contributed by atoms with van der Waals surface area (Å²) in [5, 5.41) is 8.59. The molecule has 0 fully saturated rings. The number of nitrogens with one attached hydrogen (secondary N) is 1. The lowest BCUT2D eigenvalue weighted by molar-refractivity contribution is 0.598. The van der Waals surface area contributed by atoms with Crippen LogP contribution in [0.2, 0.25) is 0 Å². The lowest BCUT2D eigenvalue weighted by Gasteiger charge is -2.24. The minimum absolute atomic E-state index is 0.0593. The second kappa shape index (κ2) is 6.13. The van der Waals surface area contributed by atoms with E-state index in [1.165, 1.54) is 23.9 Å². The van der Waals surface area contributed by atoms with Gasteiger partial charge in [-0.15, -0.1) is 5.10 Å². The van der Waals surface area contributed by atoms with E-state index in [1.807, 2.05) is 29.1 Å². The molecule has 2 aromatic carbocycles. The van der Waals surface area contributed by atoms with Gasteiger partial charge in [-0.1, -0.05) is 42.1 Å². The van der Waals surface area contributed by atoms with Gasteiger partial charge in [0.1, 0.15) is 11.9 Å². The average molecular weight is 338 g/mol. The van der Waals surface area contributed by atoms with E-state index in [1.54, 1.807) is 12.1 Å². The van der Waals surface area contributed by atoms with E-state index in [0.717, 1.165) is 16.8 Å². The molecule has 3 aromatic rings. The Morgan fingerprint density at radius 2 is 1.83 bits per heavy atom. The van der Waals surface area contributed by atoms with Gasteiger partial charge in [0.25, 0.3) is 0 Å². The number of allylic oxidation sites excluding steroid dienone is 1. The lowest BCUT2D eigenvalue weighted by Crippen LogP contribution is -2.20. The third-order valence-electron chi connectivity index (χ3n) is 3.93. The number of hydrogen-bond acceptors (Lipinski definition) is 4. The van der Waals surface area contributed by atoms with Gasteiger partial charge in [-0.05, 0) is 47.7 Å². The SMILES string of the molecule is CSc1nc2n(n1)[C@H](c1ccccc1)C=C(c1ccc(F)cc1)N2. The summed E-state index contributed by atoms with van der Waals surface area (Å²) in [6, 6.07) is 16.5. The van der Waals surface area contributed by atoms with Crippen molar-refractivity contribution in [3.63, 3.8) is 0 Å². The van der Waals surface area contributed by atoms with Gasteiger partial charge in [-0.3, -0.25) is 0 Å². The van der Waals surface area contributed by atoms with Crippen molar-refractivity contribution in [3.05, 3.63) is 77.6 Å². The zero-order valence-electron chi connectivity index (χ0n) is 13.0. The largest absolute Gasteiger partial charge is 0.324 e. The standard InChI is InChI=1S/C18H15FN4S/c1-24-18-21-17-20-15(12-7-9-14(19)10-8-12)11-16(23(17)22-18)13-5-3-2-4-6-13/h2-11,16H,1H3,(H,20,21,22)/t16-/m0/s1. The lowest BCUT2D eigenvalue weighted by atomic mass is 10.0. The third-order valence-corrected chi connectivity index (χ3v) is 4.46. The van der Waals surface area contributed by atoms with Crippen LogP contribution in [0, 0.1) is 5.82 Å². The van der Waals surface area contributed by atoms with Crippen molar-refractivity contribution in [2.45, 2.75) is 11.2 Å². The summed E-state index contributed by atoms with van der Waals surface area (Å²) in [7, 11) is 0. The Bertz CT molecular complexity index is 887. The number of anilines is 1. The molecule has 1 aromatic heterocycles.